The highest BCUT2D eigenvalue weighted by Crippen LogP contribution is 2.41. The van der Waals surface area contributed by atoms with Crippen molar-refractivity contribution < 1.29 is 9.53 Å². The van der Waals surface area contributed by atoms with Gasteiger partial charge in [-0.25, -0.2) is 0 Å². The van der Waals surface area contributed by atoms with Gasteiger partial charge in [0.15, 0.2) is 0 Å². The van der Waals surface area contributed by atoms with Gasteiger partial charge in [0.1, 0.15) is 5.78 Å². The van der Waals surface area contributed by atoms with Crippen molar-refractivity contribution in [3.63, 3.8) is 0 Å². The maximum absolute atomic E-state index is 11.3. The smallest absolute Gasteiger partial charge is 0.135 e. The minimum Gasteiger partial charge on any atom is -0.374 e. The lowest BCUT2D eigenvalue weighted by Crippen LogP contribution is -2.39. The second kappa shape index (κ2) is 2.84. The predicted octanol–water partition coefficient (Wildman–Crippen LogP) is 1.92. The first-order valence-electron chi connectivity index (χ1n) is 4.89. The summed E-state index contributed by atoms with van der Waals surface area (Å²) < 4.78 is 5.74. The molecule has 0 bridgehead atoms. The minimum absolute atomic E-state index is 0.0463. The van der Waals surface area contributed by atoms with E-state index in [0.717, 1.165) is 32.3 Å². The maximum Gasteiger partial charge on any atom is 0.135 e. The van der Waals surface area contributed by atoms with Gasteiger partial charge in [-0.15, -0.1) is 0 Å². The Morgan fingerprint density at radius 2 is 2.42 bits per heavy atom. The quantitative estimate of drug-likeness (QED) is 0.552. The van der Waals surface area contributed by atoms with E-state index in [9.17, 15) is 4.79 Å². The van der Waals surface area contributed by atoms with Crippen LogP contribution in [0.5, 0.6) is 0 Å². The lowest BCUT2D eigenvalue weighted by atomic mass is 9.76. The number of rotatable bonds is 0. The van der Waals surface area contributed by atoms with Crippen molar-refractivity contribution in [1.82, 2.24) is 0 Å². The monoisotopic (exact) mass is 168 g/mol. The van der Waals surface area contributed by atoms with Gasteiger partial charge in [-0.05, 0) is 25.2 Å². The van der Waals surface area contributed by atoms with Crippen LogP contribution in [-0.4, -0.2) is 18.0 Å². The number of Topliss-reactive ketones (excluding diaryl/α,β-unsaturated/α-hetero) is 1. The summed E-state index contributed by atoms with van der Waals surface area (Å²) in [5.41, 5.74) is -0.0463. The van der Waals surface area contributed by atoms with Gasteiger partial charge in [0.25, 0.3) is 0 Å². The van der Waals surface area contributed by atoms with Crippen molar-refractivity contribution >= 4 is 5.78 Å². The number of hydrogen-bond donors (Lipinski definition) is 0. The minimum atomic E-state index is -0.0463. The maximum atomic E-state index is 11.3. The molecule has 2 unspecified atom stereocenters. The molecule has 2 fully saturated rings. The van der Waals surface area contributed by atoms with E-state index in [2.05, 4.69) is 6.92 Å². The Balaban J connectivity index is 2.13. The zero-order chi connectivity index (χ0) is 8.60. The Labute approximate surface area is 73.3 Å². The molecule has 2 heteroatoms. The van der Waals surface area contributed by atoms with Crippen molar-refractivity contribution in [3.05, 3.63) is 0 Å². The molecular formula is C10H16O2. The van der Waals surface area contributed by atoms with Gasteiger partial charge >= 0.3 is 0 Å². The summed E-state index contributed by atoms with van der Waals surface area (Å²) in [6.45, 7) is 3.07. The van der Waals surface area contributed by atoms with Crippen molar-refractivity contribution in [1.29, 1.82) is 0 Å². The third-order valence-electron chi connectivity index (χ3n) is 3.39. The Hall–Kier alpha value is -0.370. The molecule has 0 radical (unpaired) electrons. The summed E-state index contributed by atoms with van der Waals surface area (Å²) in [4.78, 5) is 11.3. The highest BCUT2D eigenvalue weighted by Gasteiger charge is 2.44. The molecule has 0 aromatic carbocycles. The fourth-order valence-electron chi connectivity index (χ4n) is 2.48. The first-order valence-corrected chi connectivity index (χ1v) is 4.89. The number of carbonyl (C=O) groups excluding carboxylic acids is 1. The standard InChI is InChI=1S/C10H16O2/c1-8-4-6-12-10(8)5-2-3-9(11)7-10/h8H,2-7H2,1H3. The van der Waals surface area contributed by atoms with Gasteiger partial charge in [-0.3, -0.25) is 4.79 Å². The van der Waals surface area contributed by atoms with Gasteiger partial charge in [-0.2, -0.15) is 0 Å². The third kappa shape index (κ3) is 1.18. The van der Waals surface area contributed by atoms with Crippen LogP contribution >= 0.6 is 0 Å². The van der Waals surface area contributed by atoms with Crippen LogP contribution in [0, 0.1) is 5.92 Å². The molecule has 0 amide bonds. The van der Waals surface area contributed by atoms with Crippen LogP contribution in [0.15, 0.2) is 0 Å². The first-order chi connectivity index (χ1) is 5.73. The molecule has 1 heterocycles. The van der Waals surface area contributed by atoms with Gasteiger partial charge in [-0.1, -0.05) is 6.92 Å². The Morgan fingerprint density at radius 3 is 3.00 bits per heavy atom. The van der Waals surface area contributed by atoms with E-state index in [1.807, 2.05) is 0 Å². The summed E-state index contributed by atoms with van der Waals surface area (Å²) in [7, 11) is 0. The van der Waals surface area contributed by atoms with E-state index in [1.54, 1.807) is 0 Å². The largest absolute Gasteiger partial charge is 0.374 e. The summed E-state index contributed by atoms with van der Waals surface area (Å²) in [5.74, 6) is 0.983. The molecule has 12 heavy (non-hydrogen) atoms. The Kier molecular flexibility index (Phi) is 1.95. The molecule has 1 saturated heterocycles. The molecule has 1 aliphatic carbocycles. The van der Waals surface area contributed by atoms with E-state index >= 15 is 0 Å². The molecule has 68 valence electrons. The number of carbonyl (C=O) groups is 1. The van der Waals surface area contributed by atoms with Crippen LogP contribution < -0.4 is 0 Å². The number of hydrogen-bond acceptors (Lipinski definition) is 2. The molecule has 2 rings (SSSR count). The highest BCUT2D eigenvalue weighted by molar-refractivity contribution is 5.80. The molecule has 0 aromatic rings. The van der Waals surface area contributed by atoms with Crippen molar-refractivity contribution in [2.24, 2.45) is 5.92 Å². The average molecular weight is 168 g/mol. The van der Waals surface area contributed by atoms with Crippen LogP contribution in [0.4, 0.5) is 0 Å². The summed E-state index contributed by atoms with van der Waals surface area (Å²) >= 11 is 0. The van der Waals surface area contributed by atoms with Gasteiger partial charge in [0, 0.05) is 19.4 Å². The molecule has 1 spiro atoms. The lowest BCUT2D eigenvalue weighted by molar-refractivity contribution is -0.131. The van der Waals surface area contributed by atoms with E-state index < -0.39 is 0 Å². The van der Waals surface area contributed by atoms with Crippen LogP contribution in [0.25, 0.3) is 0 Å². The Bertz CT molecular complexity index is 200. The zero-order valence-corrected chi connectivity index (χ0v) is 7.64. The predicted molar refractivity (Wildman–Crippen MR) is 45.9 cm³/mol. The van der Waals surface area contributed by atoms with Crippen molar-refractivity contribution in [2.45, 2.75) is 44.6 Å². The topological polar surface area (TPSA) is 26.3 Å². The summed E-state index contributed by atoms with van der Waals surface area (Å²) in [5, 5.41) is 0. The van der Waals surface area contributed by atoms with Crippen LogP contribution in [0.3, 0.4) is 0 Å². The SMILES string of the molecule is CC1CCOC12CCCC(=O)C2. The molecule has 0 N–H and O–H groups in total. The number of ether oxygens (including phenoxy) is 1. The van der Waals surface area contributed by atoms with Crippen LogP contribution in [-0.2, 0) is 9.53 Å². The third-order valence-corrected chi connectivity index (χ3v) is 3.39. The van der Waals surface area contributed by atoms with E-state index in [-0.39, 0.29) is 5.60 Å². The van der Waals surface area contributed by atoms with Crippen LogP contribution in [0.1, 0.15) is 39.0 Å². The van der Waals surface area contributed by atoms with E-state index in [0.29, 0.717) is 18.1 Å². The van der Waals surface area contributed by atoms with Gasteiger partial charge < -0.3 is 4.74 Å². The fraction of sp³-hybridized carbons (Fsp3) is 0.900. The molecule has 1 saturated carbocycles. The van der Waals surface area contributed by atoms with Crippen molar-refractivity contribution in [3.8, 4) is 0 Å². The second-order valence-electron chi connectivity index (χ2n) is 4.17. The molecule has 2 aliphatic rings. The normalized spacial score (nSPS) is 42.4. The van der Waals surface area contributed by atoms with Crippen molar-refractivity contribution in [2.75, 3.05) is 6.61 Å². The second-order valence-corrected chi connectivity index (χ2v) is 4.17. The lowest BCUT2D eigenvalue weighted by Gasteiger charge is -2.35. The molecule has 2 nitrogen and oxygen atoms in total. The van der Waals surface area contributed by atoms with E-state index in [4.69, 9.17) is 4.74 Å². The summed E-state index contributed by atoms with van der Waals surface area (Å²) in [6.07, 6.45) is 4.71. The first kappa shape index (κ1) is 8.24. The highest BCUT2D eigenvalue weighted by atomic mass is 16.5. The summed E-state index contributed by atoms with van der Waals surface area (Å²) in [6, 6.07) is 0. The zero-order valence-electron chi connectivity index (χ0n) is 7.64. The molecule has 0 aromatic heterocycles. The van der Waals surface area contributed by atoms with Gasteiger partial charge in [0.05, 0.1) is 5.60 Å². The molecular weight excluding hydrogens is 152 g/mol. The Morgan fingerprint density at radius 1 is 1.58 bits per heavy atom. The number of ketones is 1. The molecule has 2 atom stereocenters. The average Bonchev–Trinajstić information content (AvgIpc) is 2.33. The fourth-order valence-corrected chi connectivity index (χ4v) is 2.48. The van der Waals surface area contributed by atoms with Crippen LogP contribution in [0.2, 0.25) is 0 Å². The van der Waals surface area contributed by atoms with E-state index in [1.165, 1.54) is 0 Å². The molecule has 1 aliphatic heterocycles. The van der Waals surface area contributed by atoms with Gasteiger partial charge in [0.2, 0.25) is 0 Å².